The molecule has 7 heteroatoms. The number of hydrogen-bond acceptors (Lipinski definition) is 4. The third kappa shape index (κ3) is 2.71. The lowest BCUT2D eigenvalue weighted by Gasteiger charge is -2.14. The molecule has 1 aromatic carbocycles. The number of anilines is 2. The molecule has 5 nitrogen and oxygen atoms in total. The number of rotatable bonds is 3. The molecule has 2 aromatic rings. The highest BCUT2D eigenvalue weighted by Gasteiger charge is 2.22. The van der Waals surface area contributed by atoms with Gasteiger partial charge in [0.05, 0.1) is 10.7 Å². The van der Waals surface area contributed by atoms with E-state index in [1.54, 1.807) is 31.2 Å². The highest BCUT2D eigenvalue weighted by molar-refractivity contribution is 7.93. The van der Waals surface area contributed by atoms with Crippen LogP contribution in [-0.4, -0.2) is 13.4 Å². The van der Waals surface area contributed by atoms with Crippen LogP contribution in [0.25, 0.3) is 0 Å². The van der Waals surface area contributed by atoms with Crippen molar-refractivity contribution in [2.24, 2.45) is 0 Å². The molecule has 0 saturated carbocycles. The summed E-state index contributed by atoms with van der Waals surface area (Å²) >= 11 is 5.91. The van der Waals surface area contributed by atoms with Gasteiger partial charge < -0.3 is 5.73 Å². The number of nitrogens with one attached hydrogen (secondary N) is 1. The lowest BCUT2D eigenvalue weighted by Crippen LogP contribution is -2.17. The number of aryl methyl sites for hydroxylation is 1. The molecule has 0 radical (unpaired) electrons. The zero-order chi connectivity index (χ0) is 14.9. The van der Waals surface area contributed by atoms with Crippen molar-refractivity contribution in [3.05, 3.63) is 46.6 Å². The highest BCUT2D eigenvalue weighted by atomic mass is 35.5. The first-order valence-corrected chi connectivity index (χ1v) is 7.68. The summed E-state index contributed by atoms with van der Waals surface area (Å²) in [7, 11) is -3.84. The van der Waals surface area contributed by atoms with E-state index in [2.05, 4.69) is 9.71 Å². The number of pyridine rings is 1. The van der Waals surface area contributed by atoms with Crippen LogP contribution in [0.2, 0.25) is 5.02 Å². The van der Waals surface area contributed by atoms with Crippen molar-refractivity contribution in [1.82, 2.24) is 4.98 Å². The predicted molar refractivity (Wildman–Crippen MR) is 80.4 cm³/mol. The Hall–Kier alpha value is -1.79. The van der Waals surface area contributed by atoms with Gasteiger partial charge in [0.2, 0.25) is 0 Å². The second-order valence-corrected chi connectivity index (χ2v) is 6.39. The molecular formula is C13H14ClN3O2S. The number of hydrogen-bond donors (Lipinski definition) is 2. The van der Waals surface area contributed by atoms with Gasteiger partial charge in [-0.3, -0.25) is 4.72 Å². The Morgan fingerprint density at radius 2 is 1.95 bits per heavy atom. The van der Waals surface area contributed by atoms with E-state index < -0.39 is 10.0 Å². The second kappa shape index (κ2) is 5.30. The monoisotopic (exact) mass is 311 g/mol. The smallest absolute Gasteiger partial charge is 0.265 e. The minimum absolute atomic E-state index is 0.0548. The van der Waals surface area contributed by atoms with Crippen LogP contribution in [-0.2, 0) is 10.0 Å². The first kappa shape index (κ1) is 14.6. The molecular weight excluding hydrogens is 298 g/mol. The maximum Gasteiger partial charge on any atom is 0.265 e. The number of halogens is 1. The third-order valence-corrected chi connectivity index (χ3v) is 4.81. The van der Waals surface area contributed by atoms with Gasteiger partial charge in [-0.15, -0.1) is 0 Å². The normalized spacial score (nSPS) is 11.3. The maximum atomic E-state index is 12.5. The summed E-state index contributed by atoms with van der Waals surface area (Å²) in [5.41, 5.74) is 7.42. The summed E-state index contributed by atoms with van der Waals surface area (Å²) in [5, 5.41) is 0.222. The lowest BCUT2D eigenvalue weighted by atomic mass is 10.1. The van der Waals surface area contributed by atoms with Crippen LogP contribution in [0.4, 0.5) is 11.5 Å². The van der Waals surface area contributed by atoms with E-state index in [4.69, 9.17) is 17.3 Å². The van der Waals surface area contributed by atoms with Crippen LogP contribution < -0.4 is 10.5 Å². The minimum Gasteiger partial charge on any atom is -0.398 e. The van der Waals surface area contributed by atoms with Crippen molar-refractivity contribution in [3.8, 4) is 0 Å². The predicted octanol–water partition coefficient (Wildman–Crippen LogP) is 2.73. The molecule has 0 aliphatic carbocycles. The summed E-state index contributed by atoms with van der Waals surface area (Å²) in [6.07, 6.45) is 1.45. The average Bonchev–Trinajstić information content (AvgIpc) is 2.37. The Morgan fingerprint density at radius 3 is 2.60 bits per heavy atom. The van der Waals surface area contributed by atoms with E-state index in [-0.39, 0.29) is 21.4 Å². The molecule has 0 atom stereocenters. The molecule has 2 rings (SSSR count). The van der Waals surface area contributed by atoms with Gasteiger partial charge >= 0.3 is 0 Å². The van der Waals surface area contributed by atoms with Crippen molar-refractivity contribution in [2.75, 3.05) is 10.5 Å². The third-order valence-electron chi connectivity index (χ3n) is 2.97. The van der Waals surface area contributed by atoms with Gasteiger partial charge in [0.1, 0.15) is 4.90 Å². The van der Waals surface area contributed by atoms with Crippen LogP contribution in [0.5, 0.6) is 0 Å². The number of nitrogens with zero attached hydrogens (tertiary/aromatic N) is 1. The Labute approximate surface area is 122 Å². The molecule has 0 saturated heterocycles. The zero-order valence-electron chi connectivity index (χ0n) is 11.0. The topological polar surface area (TPSA) is 85.1 Å². The standard InChI is InChI=1S/C13H14ClN3O2S/c1-8-5-6-11(15)12(9(8)2)20(18,19)17-13-10(14)4-3-7-16-13/h3-7H,15H2,1-2H3,(H,16,17). The molecule has 0 unspecified atom stereocenters. The van der Waals surface area contributed by atoms with E-state index in [9.17, 15) is 8.42 Å². The molecule has 0 amide bonds. The van der Waals surface area contributed by atoms with E-state index in [1.807, 2.05) is 6.92 Å². The van der Waals surface area contributed by atoms with Crippen molar-refractivity contribution in [1.29, 1.82) is 0 Å². The maximum absolute atomic E-state index is 12.5. The first-order chi connectivity index (χ1) is 9.33. The average molecular weight is 312 g/mol. The Kier molecular flexibility index (Phi) is 3.87. The Morgan fingerprint density at radius 1 is 1.25 bits per heavy atom. The number of nitrogen functional groups attached to an aromatic ring is 1. The number of benzene rings is 1. The van der Waals surface area contributed by atoms with Gasteiger partial charge in [0.25, 0.3) is 10.0 Å². The number of sulfonamides is 1. The summed E-state index contributed by atoms with van der Waals surface area (Å²) in [6.45, 7) is 3.53. The number of aromatic nitrogens is 1. The fraction of sp³-hybridized carbons (Fsp3) is 0.154. The summed E-state index contributed by atoms with van der Waals surface area (Å²) in [4.78, 5) is 3.96. The largest absolute Gasteiger partial charge is 0.398 e. The molecule has 20 heavy (non-hydrogen) atoms. The Bertz CT molecular complexity index is 760. The summed E-state index contributed by atoms with van der Waals surface area (Å²) in [6, 6.07) is 6.51. The molecule has 0 bridgehead atoms. The summed E-state index contributed by atoms with van der Waals surface area (Å²) < 4.78 is 27.3. The van der Waals surface area contributed by atoms with Crippen molar-refractivity contribution in [3.63, 3.8) is 0 Å². The SMILES string of the molecule is Cc1ccc(N)c(S(=O)(=O)Nc2ncccc2Cl)c1C. The van der Waals surface area contributed by atoms with Crippen molar-refractivity contribution < 1.29 is 8.42 Å². The molecule has 3 N–H and O–H groups in total. The lowest BCUT2D eigenvalue weighted by molar-refractivity contribution is 0.600. The van der Waals surface area contributed by atoms with Crippen molar-refractivity contribution >= 4 is 33.1 Å². The van der Waals surface area contributed by atoms with Crippen LogP contribution in [0, 0.1) is 13.8 Å². The van der Waals surface area contributed by atoms with Gasteiger partial charge in [-0.2, -0.15) is 0 Å². The van der Waals surface area contributed by atoms with Gasteiger partial charge in [0, 0.05) is 6.20 Å². The van der Waals surface area contributed by atoms with Gasteiger partial charge in [-0.25, -0.2) is 13.4 Å². The minimum atomic E-state index is -3.84. The van der Waals surface area contributed by atoms with E-state index in [0.29, 0.717) is 5.56 Å². The second-order valence-electron chi connectivity index (χ2n) is 4.37. The molecule has 0 aliphatic heterocycles. The van der Waals surface area contributed by atoms with Crippen LogP contribution >= 0.6 is 11.6 Å². The van der Waals surface area contributed by atoms with E-state index in [1.165, 1.54) is 6.20 Å². The van der Waals surface area contributed by atoms with Gasteiger partial charge in [0.15, 0.2) is 5.82 Å². The van der Waals surface area contributed by atoms with Crippen LogP contribution in [0.1, 0.15) is 11.1 Å². The van der Waals surface area contributed by atoms with Crippen LogP contribution in [0.15, 0.2) is 35.4 Å². The van der Waals surface area contributed by atoms with Gasteiger partial charge in [-0.05, 0) is 43.2 Å². The van der Waals surface area contributed by atoms with E-state index >= 15 is 0 Å². The van der Waals surface area contributed by atoms with E-state index in [0.717, 1.165) is 5.56 Å². The molecule has 106 valence electrons. The molecule has 0 aliphatic rings. The van der Waals surface area contributed by atoms with Gasteiger partial charge in [-0.1, -0.05) is 17.7 Å². The number of nitrogens with two attached hydrogens (primary N) is 1. The van der Waals surface area contributed by atoms with Crippen LogP contribution in [0.3, 0.4) is 0 Å². The quantitative estimate of drug-likeness (QED) is 0.853. The zero-order valence-corrected chi connectivity index (χ0v) is 12.6. The molecule has 1 aromatic heterocycles. The molecule has 0 fully saturated rings. The first-order valence-electron chi connectivity index (χ1n) is 5.82. The Balaban J connectivity index is 2.52. The van der Waals surface area contributed by atoms with Crippen molar-refractivity contribution in [2.45, 2.75) is 18.7 Å². The molecule has 1 heterocycles. The molecule has 0 spiro atoms. The fourth-order valence-electron chi connectivity index (χ4n) is 1.81. The summed E-state index contributed by atoms with van der Waals surface area (Å²) in [5.74, 6) is 0.0782. The fourth-order valence-corrected chi connectivity index (χ4v) is 3.49. The highest BCUT2D eigenvalue weighted by Crippen LogP contribution is 2.28.